The summed E-state index contributed by atoms with van der Waals surface area (Å²) in [4.78, 5) is 12.4. The second-order valence-corrected chi connectivity index (χ2v) is 7.37. The molecular weight excluding hydrogens is 440 g/mol. The third-order valence-corrected chi connectivity index (χ3v) is 5.24. The molecule has 6 nitrogen and oxygen atoms in total. The third-order valence-electron chi connectivity index (χ3n) is 5.24. The molecule has 1 amide bonds. The van der Waals surface area contributed by atoms with Gasteiger partial charge in [0.2, 0.25) is 5.91 Å². The van der Waals surface area contributed by atoms with Crippen LogP contribution in [0.3, 0.4) is 0 Å². The summed E-state index contributed by atoms with van der Waals surface area (Å²) in [6.07, 6.45) is 4.29. The van der Waals surface area contributed by atoms with Gasteiger partial charge in [0.15, 0.2) is 5.82 Å². The van der Waals surface area contributed by atoms with Crippen LogP contribution >= 0.6 is 24.8 Å². The predicted molar refractivity (Wildman–Crippen MR) is 124 cm³/mol. The van der Waals surface area contributed by atoms with Crippen molar-refractivity contribution in [3.05, 3.63) is 65.7 Å². The lowest BCUT2D eigenvalue weighted by molar-refractivity contribution is -0.116. The van der Waals surface area contributed by atoms with Gasteiger partial charge in [-0.1, -0.05) is 36.8 Å². The Morgan fingerprint density at radius 2 is 1.87 bits per heavy atom. The zero-order chi connectivity index (χ0) is 20.2. The van der Waals surface area contributed by atoms with Crippen molar-refractivity contribution in [3.8, 4) is 11.4 Å². The number of aromatic nitrogens is 3. The Hall–Kier alpha value is -2.48. The minimum Gasteiger partial charge on any atom is -0.324 e. The third kappa shape index (κ3) is 5.81. The molecule has 1 atom stereocenters. The highest BCUT2D eigenvalue weighted by Crippen LogP contribution is 2.27. The lowest BCUT2D eigenvalue weighted by atomic mass is 10.0. The van der Waals surface area contributed by atoms with Gasteiger partial charge in [0, 0.05) is 31.0 Å². The summed E-state index contributed by atoms with van der Waals surface area (Å²) < 4.78 is 16.4. The summed E-state index contributed by atoms with van der Waals surface area (Å²) in [5, 5.41) is 11.3. The van der Waals surface area contributed by atoms with Crippen LogP contribution in [0, 0.1) is 5.82 Å². The number of hydrogen-bond donors (Lipinski definition) is 2. The van der Waals surface area contributed by atoms with E-state index in [-0.39, 0.29) is 42.8 Å². The van der Waals surface area contributed by atoms with Crippen molar-refractivity contribution in [1.29, 1.82) is 0 Å². The molecule has 9 heteroatoms. The van der Waals surface area contributed by atoms with Crippen LogP contribution in [0.1, 0.15) is 43.1 Å². The maximum Gasteiger partial charge on any atom is 0.226 e. The molecule has 0 fully saturated rings. The number of rotatable bonds is 5. The maximum absolute atomic E-state index is 14.3. The predicted octanol–water partition coefficient (Wildman–Crippen LogP) is 4.68. The summed E-state index contributed by atoms with van der Waals surface area (Å²) in [7, 11) is 0. The van der Waals surface area contributed by atoms with Crippen molar-refractivity contribution in [2.24, 2.45) is 5.73 Å². The Morgan fingerprint density at radius 1 is 1.10 bits per heavy atom. The van der Waals surface area contributed by atoms with Gasteiger partial charge in [-0.2, -0.15) is 0 Å². The fraction of sp³-hybridized carbons (Fsp3) is 0.318. The van der Waals surface area contributed by atoms with Crippen molar-refractivity contribution in [1.82, 2.24) is 14.8 Å². The van der Waals surface area contributed by atoms with Crippen LogP contribution < -0.4 is 11.1 Å². The fourth-order valence-corrected chi connectivity index (χ4v) is 3.68. The molecule has 0 spiro atoms. The van der Waals surface area contributed by atoms with Crippen LogP contribution in [-0.2, 0) is 17.8 Å². The van der Waals surface area contributed by atoms with Crippen molar-refractivity contribution in [2.75, 3.05) is 5.32 Å². The quantitative estimate of drug-likeness (QED) is 0.572. The first-order chi connectivity index (χ1) is 14.1. The Kier molecular flexibility index (Phi) is 8.98. The minimum atomic E-state index is -0.494. The maximum atomic E-state index is 14.3. The van der Waals surface area contributed by atoms with Gasteiger partial charge in [-0.05, 0) is 36.6 Å². The molecule has 1 aromatic heterocycles. The van der Waals surface area contributed by atoms with Gasteiger partial charge >= 0.3 is 0 Å². The zero-order valence-electron chi connectivity index (χ0n) is 17.0. The number of aryl methyl sites for hydroxylation is 1. The normalized spacial score (nSPS) is 13.7. The molecule has 0 saturated carbocycles. The highest BCUT2D eigenvalue weighted by atomic mass is 35.5. The second-order valence-electron chi connectivity index (χ2n) is 7.37. The van der Waals surface area contributed by atoms with Crippen molar-refractivity contribution in [3.63, 3.8) is 0 Å². The van der Waals surface area contributed by atoms with Crippen LogP contribution in [0.25, 0.3) is 11.4 Å². The smallest absolute Gasteiger partial charge is 0.226 e. The number of benzene rings is 2. The Balaban J connectivity index is 0.00000171. The summed E-state index contributed by atoms with van der Waals surface area (Å²) >= 11 is 0. The van der Waals surface area contributed by atoms with Gasteiger partial charge in [-0.3, -0.25) is 4.79 Å². The number of nitrogens with one attached hydrogen (secondary N) is 1. The van der Waals surface area contributed by atoms with Gasteiger partial charge in [-0.15, -0.1) is 35.0 Å². The summed E-state index contributed by atoms with van der Waals surface area (Å²) in [6.45, 7) is 0.850. The molecule has 0 saturated heterocycles. The number of halogens is 3. The number of nitrogens with zero attached hydrogens (tertiary/aromatic N) is 3. The molecule has 1 unspecified atom stereocenters. The van der Waals surface area contributed by atoms with Crippen LogP contribution in [0.5, 0.6) is 0 Å². The Morgan fingerprint density at radius 3 is 2.65 bits per heavy atom. The lowest BCUT2D eigenvalue weighted by Crippen LogP contribution is -2.21. The molecule has 166 valence electrons. The molecule has 4 rings (SSSR count). The standard InChI is InChI=1S/C22H24FN5O.2ClH/c23-17-11-10-16(22-27-26-20-9-5-2-6-12-28(20)22)13-19(17)25-21(29)14-18(24)15-7-3-1-4-8-15;;/h1,3-4,7-8,10-11,13,18H,2,5-6,9,12,14,24H2,(H,25,29);2*1H. The molecule has 3 aromatic rings. The first kappa shape index (κ1) is 24.8. The van der Waals surface area contributed by atoms with E-state index in [0.29, 0.717) is 5.82 Å². The highest BCUT2D eigenvalue weighted by molar-refractivity contribution is 5.92. The van der Waals surface area contributed by atoms with Crippen molar-refractivity contribution in [2.45, 2.75) is 44.7 Å². The average molecular weight is 466 g/mol. The van der Waals surface area contributed by atoms with Gasteiger partial charge in [0.25, 0.3) is 0 Å². The van der Waals surface area contributed by atoms with E-state index in [0.717, 1.165) is 49.2 Å². The van der Waals surface area contributed by atoms with Crippen LogP contribution in [0.15, 0.2) is 48.5 Å². The number of carbonyl (C=O) groups is 1. The van der Waals surface area contributed by atoms with E-state index in [1.54, 1.807) is 12.1 Å². The monoisotopic (exact) mass is 465 g/mol. The van der Waals surface area contributed by atoms with Crippen molar-refractivity contribution >= 4 is 36.4 Å². The van der Waals surface area contributed by atoms with Crippen LogP contribution in [0.2, 0.25) is 0 Å². The molecule has 31 heavy (non-hydrogen) atoms. The molecule has 2 heterocycles. The first-order valence-corrected chi connectivity index (χ1v) is 9.94. The summed E-state index contributed by atoms with van der Waals surface area (Å²) in [6, 6.07) is 13.6. The number of fused-ring (bicyclic) bond motifs is 1. The Bertz CT molecular complexity index is 1010. The molecule has 0 aliphatic carbocycles. The number of anilines is 1. The van der Waals surface area contributed by atoms with E-state index in [1.165, 1.54) is 6.07 Å². The molecule has 1 aliphatic heterocycles. The SMILES string of the molecule is Cl.Cl.NC(CC(=O)Nc1cc(-c2nnc3n2CCCCC3)ccc1F)c1ccccc1. The summed E-state index contributed by atoms with van der Waals surface area (Å²) in [5.74, 6) is 0.836. The summed E-state index contributed by atoms with van der Waals surface area (Å²) in [5.41, 5.74) is 7.83. The first-order valence-electron chi connectivity index (χ1n) is 9.94. The fourth-order valence-electron chi connectivity index (χ4n) is 3.68. The molecule has 3 N–H and O–H groups in total. The Labute approximate surface area is 193 Å². The van der Waals surface area contributed by atoms with Crippen molar-refractivity contribution < 1.29 is 9.18 Å². The van der Waals surface area contributed by atoms with Crippen LogP contribution in [0.4, 0.5) is 10.1 Å². The number of carbonyl (C=O) groups excluding carboxylic acids is 1. The molecular formula is C22H26Cl2FN5O. The lowest BCUT2D eigenvalue weighted by Gasteiger charge is -2.13. The molecule has 0 radical (unpaired) electrons. The molecule has 1 aliphatic rings. The van der Waals surface area contributed by atoms with E-state index >= 15 is 0 Å². The second kappa shape index (κ2) is 11.2. The van der Waals surface area contributed by atoms with Gasteiger partial charge in [0.1, 0.15) is 11.6 Å². The number of amides is 1. The van der Waals surface area contributed by atoms with E-state index in [4.69, 9.17) is 5.73 Å². The topological polar surface area (TPSA) is 85.8 Å². The van der Waals surface area contributed by atoms with Crippen LogP contribution in [-0.4, -0.2) is 20.7 Å². The van der Waals surface area contributed by atoms with E-state index in [2.05, 4.69) is 20.1 Å². The van der Waals surface area contributed by atoms with E-state index in [1.807, 2.05) is 30.3 Å². The number of hydrogen-bond acceptors (Lipinski definition) is 4. The zero-order valence-corrected chi connectivity index (χ0v) is 18.6. The minimum absolute atomic E-state index is 0. The van der Waals surface area contributed by atoms with Gasteiger partial charge in [0.05, 0.1) is 5.69 Å². The van der Waals surface area contributed by atoms with Gasteiger partial charge < -0.3 is 15.6 Å². The largest absolute Gasteiger partial charge is 0.324 e. The molecule has 0 bridgehead atoms. The van der Waals surface area contributed by atoms with E-state index < -0.39 is 11.9 Å². The highest BCUT2D eigenvalue weighted by Gasteiger charge is 2.18. The average Bonchev–Trinajstić information content (AvgIpc) is 2.98. The molecule has 2 aromatic carbocycles. The van der Waals surface area contributed by atoms with Gasteiger partial charge in [-0.25, -0.2) is 4.39 Å². The number of nitrogens with two attached hydrogens (primary N) is 1. The van der Waals surface area contributed by atoms with E-state index in [9.17, 15) is 9.18 Å².